The highest BCUT2D eigenvalue weighted by Gasteiger charge is 2.10. The largest absolute Gasteiger partial charge is 0.497 e. The number of carbonyl (C=O) groups is 1. The number of hydrogen-bond donors (Lipinski definition) is 2. The summed E-state index contributed by atoms with van der Waals surface area (Å²) in [6.45, 7) is 0.424. The molecule has 0 radical (unpaired) electrons. The molecule has 0 saturated carbocycles. The van der Waals surface area contributed by atoms with Gasteiger partial charge in [0.2, 0.25) is 0 Å². The van der Waals surface area contributed by atoms with Crippen molar-refractivity contribution in [1.82, 2.24) is 15.3 Å². The summed E-state index contributed by atoms with van der Waals surface area (Å²) >= 11 is 0. The Kier molecular flexibility index (Phi) is 4.14. The number of aromatic amines is 1. The minimum absolute atomic E-state index is 0.188. The molecule has 0 fully saturated rings. The van der Waals surface area contributed by atoms with E-state index in [0.717, 1.165) is 16.6 Å². The third-order valence-corrected chi connectivity index (χ3v) is 3.55. The van der Waals surface area contributed by atoms with Crippen LogP contribution < -0.4 is 14.8 Å². The summed E-state index contributed by atoms with van der Waals surface area (Å²) in [5, 5.41) is 2.89. The fourth-order valence-electron chi connectivity index (χ4n) is 2.32. The number of carbonyl (C=O) groups excluding carboxylic acids is 1. The molecule has 118 valence electrons. The molecule has 0 bridgehead atoms. The number of rotatable bonds is 5. The van der Waals surface area contributed by atoms with Crippen LogP contribution in [0.3, 0.4) is 0 Å². The lowest BCUT2D eigenvalue weighted by Gasteiger charge is -2.09. The van der Waals surface area contributed by atoms with Gasteiger partial charge >= 0.3 is 0 Å². The normalized spacial score (nSPS) is 10.5. The van der Waals surface area contributed by atoms with Gasteiger partial charge in [-0.15, -0.1) is 0 Å². The molecule has 3 aromatic rings. The van der Waals surface area contributed by atoms with Crippen molar-refractivity contribution < 1.29 is 14.3 Å². The summed E-state index contributed by atoms with van der Waals surface area (Å²) in [7, 11) is 3.10. The number of fused-ring (bicyclic) bond motifs is 1. The van der Waals surface area contributed by atoms with E-state index in [4.69, 9.17) is 9.47 Å². The molecule has 0 aliphatic carbocycles. The molecule has 0 saturated heterocycles. The summed E-state index contributed by atoms with van der Waals surface area (Å²) < 4.78 is 10.4. The van der Waals surface area contributed by atoms with Crippen LogP contribution in [-0.2, 0) is 6.54 Å². The van der Waals surface area contributed by atoms with Gasteiger partial charge in [0.1, 0.15) is 11.5 Å². The van der Waals surface area contributed by atoms with Crippen molar-refractivity contribution in [2.45, 2.75) is 6.54 Å². The van der Waals surface area contributed by atoms with Crippen LogP contribution in [0.2, 0.25) is 0 Å². The number of hydrogen-bond acceptors (Lipinski definition) is 4. The Morgan fingerprint density at radius 3 is 2.57 bits per heavy atom. The van der Waals surface area contributed by atoms with E-state index in [1.165, 1.54) is 0 Å². The number of H-pyrrole nitrogens is 1. The third kappa shape index (κ3) is 3.26. The van der Waals surface area contributed by atoms with E-state index >= 15 is 0 Å². The molecule has 2 aromatic carbocycles. The molecule has 0 atom stereocenters. The lowest BCUT2D eigenvalue weighted by Crippen LogP contribution is -2.22. The van der Waals surface area contributed by atoms with Crippen LogP contribution in [0.25, 0.3) is 11.0 Å². The number of nitrogens with one attached hydrogen (secondary N) is 2. The molecule has 0 unspecified atom stereocenters. The highest BCUT2D eigenvalue weighted by Crippen LogP contribution is 2.22. The van der Waals surface area contributed by atoms with Crippen LogP contribution in [0.15, 0.2) is 42.7 Å². The number of imidazole rings is 1. The maximum absolute atomic E-state index is 12.3. The van der Waals surface area contributed by atoms with E-state index in [9.17, 15) is 4.79 Å². The number of methoxy groups -OCH3 is 2. The maximum atomic E-state index is 12.3. The van der Waals surface area contributed by atoms with E-state index in [0.29, 0.717) is 23.6 Å². The first-order valence-electron chi connectivity index (χ1n) is 7.13. The molecule has 1 heterocycles. The standard InChI is InChI=1S/C17H17N3O3/c1-22-13-6-12(7-14(8-13)23-2)17(21)18-9-11-3-4-15-16(5-11)20-10-19-15/h3-8,10H,9H2,1-2H3,(H,18,21)(H,19,20). The monoisotopic (exact) mass is 311 g/mol. The van der Waals surface area contributed by atoms with Crippen LogP contribution in [0.5, 0.6) is 11.5 Å². The highest BCUT2D eigenvalue weighted by molar-refractivity contribution is 5.95. The Hall–Kier alpha value is -3.02. The molecule has 0 spiro atoms. The Bertz CT molecular complexity index is 820. The van der Waals surface area contributed by atoms with Crippen LogP contribution in [0.4, 0.5) is 0 Å². The smallest absolute Gasteiger partial charge is 0.251 e. The van der Waals surface area contributed by atoms with E-state index in [-0.39, 0.29) is 5.91 Å². The molecular formula is C17H17N3O3. The first-order valence-corrected chi connectivity index (χ1v) is 7.13. The van der Waals surface area contributed by atoms with Crippen LogP contribution in [-0.4, -0.2) is 30.1 Å². The second-order valence-corrected chi connectivity index (χ2v) is 5.04. The molecule has 1 amide bonds. The number of ether oxygens (including phenoxy) is 2. The van der Waals surface area contributed by atoms with Gasteiger partial charge in [-0.3, -0.25) is 4.79 Å². The van der Waals surface area contributed by atoms with Crippen molar-refractivity contribution in [2.75, 3.05) is 14.2 Å². The zero-order chi connectivity index (χ0) is 16.2. The summed E-state index contributed by atoms with van der Waals surface area (Å²) in [6.07, 6.45) is 1.65. The third-order valence-electron chi connectivity index (χ3n) is 3.55. The molecule has 1 aromatic heterocycles. The molecular weight excluding hydrogens is 294 g/mol. The van der Waals surface area contributed by atoms with Crippen LogP contribution in [0.1, 0.15) is 15.9 Å². The minimum Gasteiger partial charge on any atom is -0.497 e. The van der Waals surface area contributed by atoms with Gasteiger partial charge in [0.25, 0.3) is 5.91 Å². The van der Waals surface area contributed by atoms with Crippen molar-refractivity contribution in [1.29, 1.82) is 0 Å². The van der Waals surface area contributed by atoms with Gasteiger partial charge in [0.15, 0.2) is 0 Å². The maximum Gasteiger partial charge on any atom is 0.251 e. The Morgan fingerprint density at radius 1 is 1.13 bits per heavy atom. The SMILES string of the molecule is COc1cc(OC)cc(C(=O)NCc2ccc3nc[nH]c3c2)c1. The van der Waals surface area contributed by atoms with Gasteiger partial charge in [-0.05, 0) is 29.8 Å². The van der Waals surface area contributed by atoms with Crippen molar-refractivity contribution in [3.05, 3.63) is 53.9 Å². The van der Waals surface area contributed by atoms with E-state index in [2.05, 4.69) is 15.3 Å². The Balaban J connectivity index is 1.73. The molecule has 6 heteroatoms. The topological polar surface area (TPSA) is 76.2 Å². The first kappa shape index (κ1) is 14.9. The van der Waals surface area contributed by atoms with E-state index in [1.807, 2.05) is 18.2 Å². The summed E-state index contributed by atoms with van der Waals surface area (Å²) in [6, 6.07) is 10.9. The van der Waals surface area contributed by atoms with Gasteiger partial charge in [0, 0.05) is 18.2 Å². The average Bonchev–Trinajstić information content (AvgIpc) is 3.06. The lowest BCUT2D eigenvalue weighted by atomic mass is 10.1. The predicted octanol–water partition coefficient (Wildman–Crippen LogP) is 2.51. The molecule has 0 aliphatic heterocycles. The van der Waals surface area contributed by atoms with Crippen LogP contribution >= 0.6 is 0 Å². The summed E-state index contributed by atoms with van der Waals surface area (Å²) in [5.74, 6) is 0.966. The zero-order valence-electron chi connectivity index (χ0n) is 12.9. The molecule has 6 nitrogen and oxygen atoms in total. The van der Waals surface area contributed by atoms with Gasteiger partial charge < -0.3 is 19.8 Å². The fourth-order valence-corrected chi connectivity index (χ4v) is 2.32. The zero-order valence-corrected chi connectivity index (χ0v) is 12.9. The Labute approximate surface area is 133 Å². The molecule has 3 rings (SSSR count). The van der Waals surface area contributed by atoms with E-state index < -0.39 is 0 Å². The van der Waals surface area contributed by atoms with Crippen LogP contribution in [0, 0.1) is 0 Å². The number of aromatic nitrogens is 2. The quantitative estimate of drug-likeness (QED) is 0.759. The molecule has 23 heavy (non-hydrogen) atoms. The summed E-state index contributed by atoms with van der Waals surface area (Å²) in [4.78, 5) is 19.5. The predicted molar refractivity (Wildman–Crippen MR) is 86.8 cm³/mol. The molecule has 0 aliphatic rings. The highest BCUT2D eigenvalue weighted by atomic mass is 16.5. The minimum atomic E-state index is -0.188. The number of amides is 1. The van der Waals surface area contributed by atoms with E-state index in [1.54, 1.807) is 38.7 Å². The van der Waals surface area contributed by atoms with Crippen molar-refractivity contribution in [3.63, 3.8) is 0 Å². The van der Waals surface area contributed by atoms with Gasteiger partial charge in [-0.1, -0.05) is 6.07 Å². The first-order chi connectivity index (χ1) is 11.2. The van der Waals surface area contributed by atoms with Crippen molar-refractivity contribution in [3.8, 4) is 11.5 Å². The van der Waals surface area contributed by atoms with Gasteiger partial charge in [-0.25, -0.2) is 4.98 Å². The fraction of sp³-hybridized carbons (Fsp3) is 0.176. The lowest BCUT2D eigenvalue weighted by molar-refractivity contribution is 0.0950. The average molecular weight is 311 g/mol. The number of benzene rings is 2. The van der Waals surface area contributed by atoms with Gasteiger partial charge in [0.05, 0.1) is 31.6 Å². The second kappa shape index (κ2) is 6.39. The Morgan fingerprint density at radius 2 is 1.87 bits per heavy atom. The van der Waals surface area contributed by atoms with Crippen molar-refractivity contribution >= 4 is 16.9 Å². The second-order valence-electron chi connectivity index (χ2n) is 5.04. The van der Waals surface area contributed by atoms with Crippen molar-refractivity contribution in [2.24, 2.45) is 0 Å². The van der Waals surface area contributed by atoms with Gasteiger partial charge in [-0.2, -0.15) is 0 Å². The number of nitrogens with zero attached hydrogens (tertiary/aromatic N) is 1. The summed E-state index contributed by atoms with van der Waals surface area (Å²) in [5.41, 5.74) is 3.33. The molecule has 2 N–H and O–H groups in total.